The predicted octanol–water partition coefficient (Wildman–Crippen LogP) is 1.91. The van der Waals surface area contributed by atoms with Crippen LogP contribution in [-0.2, 0) is 9.59 Å². The number of ether oxygens (including phenoxy) is 1. The summed E-state index contributed by atoms with van der Waals surface area (Å²) in [5.41, 5.74) is 0.496. The molecule has 1 aliphatic heterocycles. The third-order valence-corrected chi connectivity index (χ3v) is 2.91. The molecule has 0 saturated heterocycles. The van der Waals surface area contributed by atoms with Crippen molar-refractivity contribution in [1.29, 1.82) is 0 Å². The first kappa shape index (κ1) is 13.9. The molecule has 0 radical (unpaired) electrons. The van der Waals surface area contributed by atoms with Crippen molar-refractivity contribution in [2.24, 2.45) is 0 Å². The van der Waals surface area contributed by atoms with E-state index in [0.29, 0.717) is 17.9 Å². The number of rotatable bonds is 5. The minimum Gasteiger partial charge on any atom is -0.502 e. The molecule has 5 nitrogen and oxygen atoms in total. The normalized spacial score (nSPS) is 14.9. The average Bonchev–Trinajstić information content (AvgIpc) is 2.65. The maximum Gasteiger partial charge on any atom is 0.296 e. The quantitative estimate of drug-likeness (QED) is 0.657. The minimum atomic E-state index is -0.696. The second-order valence-corrected chi connectivity index (χ2v) is 4.19. The van der Waals surface area contributed by atoms with Gasteiger partial charge in [-0.1, -0.05) is 18.2 Å². The van der Waals surface area contributed by atoms with Crippen LogP contribution in [0.25, 0.3) is 5.57 Å². The van der Waals surface area contributed by atoms with Crippen LogP contribution in [0.5, 0.6) is 5.75 Å². The van der Waals surface area contributed by atoms with Gasteiger partial charge in [0.05, 0.1) is 12.2 Å². The Kier molecular flexibility index (Phi) is 3.89. The summed E-state index contributed by atoms with van der Waals surface area (Å²) in [7, 11) is 0. The first-order valence-corrected chi connectivity index (χ1v) is 6.23. The number of benzene rings is 1. The number of hydrogen-bond donors (Lipinski definition) is 1. The standard InChI is InChI=1S/C15H15NO4/c1-3-9-16-14(18)12(13(17)15(16)19)10-5-7-11(8-6-10)20-4-2/h3,5-8,17H,1,4,9H2,2H3. The van der Waals surface area contributed by atoms with E-state index in [-0.39, 0.29) is 12.1 Å². The first-order valence-electron chi connectivity index (χ1n) is 6.23. The summed E-state index contributed by atoms with van der Waals surface area (Å²) < 4.78 is 5.30. The summed E-state index contributed by atoms with van der Waals surface area (Å²) in [6.07, 6.45) is 1.43. The van der Waals surface area contributed by atoms with Crippen molar-refractivity contribution in [3.63, 3.8) is 0 Å². The molecule has 20 heavy (non-hydrogen) atoms. The third-order valence-electron chi connectivity index (χ3n) is 2.91. The molecular formula is C15H15NO4. The SMILES string of the molecule is C=CCN1C(=O)C(O)=C(c2ccc(OCC)cc2)C1=O. The largest absolute Gasteiger partial charge is 0.502 e. The Bertz CT molecular complexity index is 586. The Hall–Kier alpha value is -2.56. The summed E-state index contributed by atoms with van der Waals surface area (Å²) in [4.78, 5) is 24.9. The Morgan fingerprint density at radius 1 is 1.25 bits per heavy atom. The zero-order valence-electron chi connectivity index (χ0n) is 11.1. The topological polar surface area (TPSA) is 66.8 Å². The number of imide groups is 1. The number of hydrogen-bond acceptors (Lipinski definition) is 4. The van der Waals surface area contributed by atoms with Crippen LogP contribution in [0.15, 0.2) is 42.7 Å². The van der Waals surface area contributed by atoms with Crippen LogP contribution in [0.1, 0.15) is 12.5 Å². The zero-order chi connectivity index (χ0) is 14.7. The van der Waals surface area contributed by atoms with Crippen molar-refractivity contribution in [1.82, 2.24) is 4.90 Å². The molecule has 1 aliphatic rings. The molecule has 0 aromatic heterocycles. The van der Waals surface area contributed by atoms with Crippen LogP contribution in [0.4, 0.5) is 0 Å². The van der Waals surface area contributed by atoms with E-state index in [4.69, 9.17) is 4.74 Å². The van der Waals surface area contributed by atoms with Gasteiger partial charge in [-0.05, 0) is 24.6 Å². The van der Waals surface area contributed by atoms with Gasteiger partial charge >= 0.3 is 0 Å². The van der Waals surface area contributed by atoms with E-state index in [1.165, 1.54) is 6.08 Å². The highest BCUT2D eigenvalue weighted by atomic mass is 16.5. The van der Waals surface area contributed by atoms with E-state index in [1.807, 2.05) is 6.92 Å². The summed E-state index contributed by atoms with van der Waals surface area (Å²) >= 11 is 0. The summed E-state index contributed by atoms with van der Waals surface area (Å²) in [6.45, 7) is 5.97. The van der Waals surface area contributed by atoms with E-state index < -0.39 is 17.6 Å². The molecule has 2 rings (SSSR count). The Labute approximate surface area is 116 Å². The van der Waals surface area contributed by atoms with E-state index in [0.717, 1.165) is 4.90 Å². The van der Waals surface area contributed by atoms with Crippen molar-refractivity contribution >= 4 is 17.4 Å². The summed E-state index contributed by atoms with van der Waals surface area (Å²) in [5, 5.41) is 9.85. The number of carbonyl (C=O) groups excluding carboxylic acids is 2. The Balaban J connectivity index is 2.34. The molecule has 1 aromatic carbocycles. The fourth-order valence-electron chi connectivity index (χ4n) is 2.00. The van der Waals surface area contributed by atoms with E-state index in [1.54, 1.807) is 24.3 Å². The van der Waals surface area contributed by atoms with Gasteiger partial charge in [0.25, 0.3) is 11.8 Å². The van der Waals surface area contributed by atoms with Gasteiger partial charge < -0.3 is 9.84 Å². The van der Waals surface area contributed by atoms with Gasteiger partial charge in [-0.15, -0.1) is 6.58 Å². The highest BCUT2D eigenvalue weighted by Crippen LogP contribution is 2.28. The van der Waals surface area contributed by atoms with Crippen LogP contribution in [0.3, 0.4) is 0 Å². The molecule has 0 unspecified atom stereocenters. The maximum absolute atomic E-state index is 12.1. The number of amides is 2. The first-order chi connectivity index (χ1) is 9.60. The summed E-state index contributed by atoms with van der Waals surface area (Å²) in [6, 6.07) is 6.65. The van der Waals surface area contributed by atoms with E-state index in [9.17, 15) is 14.7 Å². The minimum absolute atomic E-state index is 0.0138. The van der Waals surface area contributed by atoms with Gasteiger partial charge in [0.1, 0.15) is 5.75 Å². The molecule has 0 fully saturated rings. The fourth-order valence-corrected chi connectivity index (χ4v) is 2.00. The molecule has 1 N–H and O–H groups in total. The number of aliphatic hydroxyl groups excluding tert-OH is 1. The Morgan fingerprint density at radius 2 is 1.90 bits per heavy atom. The van der Waals surface area contributed by atoms with Gasteiger partial charge in [0.2, 0.25) is 0 Å². The third kappa shape index (κ3) is 2.30. The van der Waals surface area contributed by atoms with E-state index in [2.05, 4.69) is 6.58 Å². The van der Waals surface area contributed by atoms with Crippen molar-refractivity contribution in [3.05, 3.63) is 48.2 Å². The molecule has 104 valence electrons. The number of carbonyl (C=O) groups is 2. The highest BCUT2D eigenvalue weighted by Gasteiger charge is 2.38. The van der Waals surface area contributed by atoms with Crippen LogP contribution < -0.4 is 4.74 Å². The molecule has 0 aliphatic carbocycles. The van der Waals surface area contributed by atoms with Crippen molar-refractivity contribution in [2.45, 2.75) is 6.92 Å². The van der Waals surface area contributed by atoms with Crippen LogP contribution in [-0.4, -0.2) is 35.0 Å². The average molecular weight is 273 g/mol. The Morgan fingerprint density at radius 3 is 2.45 bits per heavy atom. The van der Waals surface area contributed by atoms with Gasteiger partial charge in [-0.25, -0.2) is 0 Å². The van der Waals surface area contributed by atoms with E-state index >= 15 is 0 Å². The number of aliphatic hydroxyl groups is 1. The second-order valence-electron chi connectivity index (χ2n) is 4.19. The molecule has 0 saturated carbocycles. The smallest absolute Gasteiger partial charge is 0.296 e. The summed E-state index contributed by atoms with van der Waals surface area (Å²) in [5.74, 6) is -1.08. The van der Waals surface area contributed by atoms with Crippen molar-refractivity contribution < 1.29 is 19.4 Å². The predicted molar refractivity (Wildman–Crippen MR) is 74.1 cm³/mol. The lowest BCUT2D eigenvalue weighted by atomic mass is 10.1. The van der Waals surface area contributed by atoms with Gasteiger partial charge in [-0.2, -0.15) is 0 Å². The fraction of sp³-hybridized carbons (Fsp3) is 0.200. The maximum atomic E-state index is 12.1. The number of nitrogens with zero attached hydrogens (tertiary/aromatic N) is 1. The van der Waals surface area contributed by atoms with Crippen molar-refractivity contribution in [3.8, 4) is 5.75 Å². The molecule has 5 heteroatoms. The highest BCUT2D eigenvalue weighted by molar-refractivity contribution is 6.34. The van der Waals surface area contributed by atoms with Gasteiger partial charge in [0, 0.05) is 6.54 Å². The monoisotopic (exact) mass is 273 g/mol. The van der Waals surface area contributed by atoms with Crippen LogP contribution in [0.2, 0.25) is 0 Å². The lowest BCUT2D eigenvalue weighted by Crippen LogP contribution is -2.31. The molecule has 0 spiro atoms. The second kappa shape index (κ2) is 5.61. The van der Waals surface area contributed by atoms with Crippen LogP contribution in [0, 0.1) is 0 Å². The van der Waals surface area contributed by atoms with Gasteiger partial charge in [-0.3, -0.25) is 14.5 Å². The molecule has 1 aromatic rings. The lowest BCUT2D eigenvalue weighted by Gasteiger charge is -2.11. The molecule has 0 bridgehead atoms. The van der Waals surface area contributed by atoms with Crippen LogP contribution >= 0.6 is 0 Å². The lowest BCUT2D eigenvalue weighted by molar-refractivity contribution is -0.137. The molecule has 0 atom stereocenters. The van der Waals surface area contributed by atoms with Crippen molar-refractivity contribution in [2.75, 3.05) is 13.2 Å². The molecular weight excluding hydrogens is 258 g/mol. The van der Waals surface area contributed by atoms with Gasteiger partial charge in [0.15, 0.2) is 5.76 Å². The molecule has 2 amide bonds. The molecule has 1 heterocycles. The zero-order valence-corrected chi connectivity index (χ0v) is 11.1.